The summed E-state index contributed by atoms with van der Waals surface area (Å²) in [5, 5.41) is 19.7. The smallest absolute Gasteiger partial charge is 0.307 e. The van der Waals surface area contributed by atoms with E-state index in [9.17, 15) is 9.90 Å². The second-order valence-corrected chi connectivity index (χ2v) is 13.0. The van der Waals surface area contributed by atoms with Gasteiger partial charge in [0.15, 0.2) is 0 Å². The number of carbonyl (C=O) groups is 1. The van der Waals surface area contributed by atoms with Crippen molar-refractivity contribution >= 4 is 44.8 Å². The van der Waals surface area contributed by atoms with Gasteiger partial charge in [0, 0.05) is 47.2 Å². The number of carboxylic acids is 1. The van der Waals surface area contributed by atoms with E-state index in [0.717, 1.165) is 67.3 Å². The summed E-state index contributed by atoms with van der Waals surface area (Å²) < 4.78 is 0.970. The Morgan fingerprint density at radius 2 is 1.71 bits per heavy atom. The molecule has 6 nitrogen and oxygen atoms in total. The van der Waals surface area contributed by atoms with Crippen LogP contribution < -0.4 is 4.90 Å². The van der Waals surface area contributed by atoms with Gasteiger partial charge in [0.25, 0.3) is 0 Å². The SMILES string of the molecule is CC(C)(C)O.Cc1cc2nc(-c3ccnc(-c4ccc5c(c4)CCN5C)c3)sc2c(-c2ccc(Cl)cc2)c1CC(=O)O. The minimum atomic E-state index is -0.860. The summed E-state index contributed by atoms with van der Waals surface area (Å²) >= 11 is 7.73. The number of aryl methyl sites for hydroxylation is 1. The molecule has 0 aliphatic carbocycles. The molecule has 0 spiro atoms. The third-order valence-corrected chi connectivity index (χ3v) is 8.37. The first-order valence-corrected chi connectivity index (χ1v) is 15.0. The molecule has 8 heteroatoms. The van der Waals surface area contributed by atoms with Crippen LogP contribution in [0.15, 0.2) is 66.9 Å². The Balaban J connectivity index is 0.000000652. The standard InChI is InChI=1S/C30H24ClN3O2S.C4H10O/c1-17-13-25-29(28(23(17)16-27(35)36)18-3-6-22(31)7-4-18)37-30(33-25)21-9-11-32-24(15-21)19-5-8-26-20(14-19)10-12-34(26)2;1-4(2,3)5/h3-9,11,13-15H,10,12,16H2,1-2H3,(H,35,36);5H,1-3H3. The van der Waals surface area contributed by atoms with E-state index in [1.165, 1.54) is 11.3 Å². The second-order valence-electron chi connectivity index (χ2n) is 11.6. The van der Waals surface area contributed by atoms with Gasteiger partial charge in [-0.3, -0.25) is 9.78 Å². The maximum atomic E-state index is 11.7. The molecule has 42 heavy (non-hydrogen) atoms. The van der Waals surface area contributed by atoms with Crippen LogP contribution in [-0.4, -0.2) is 45.3 Å². The van der Waals surface area contributed by atoms with Crippen molar-refractivity contribution in [2.75, 3.05) is 18.5 Å². The molecule has 0 fully saturated rings. The molecule has 3 heterocycles. The van der Waals surface area contributed by atoms with E-state index in [2.05, 4.69) is 41.2 Å². The van der Waals surface area contributed by atoms with E-state index in [1.807, 2.05) is 49.5 Å². The van der Waals surface area contributed by atoms with Crippen molar-refractivity contribution in [3.8, 4) is 33.0 Å². The van der Waals surface area contributed by atoms with Gasteiger partial charge < -0.3 is 15.1 Å². The number of rotatable bonds is 5. The maximum Gasteiger partial charge on any atom is 0.307 e. The summed E-state index contributed by atoms with van der Waals surface area (Å²) in [4.78, 5) is 23.7. The van der Waals surface area contributed by atoms with Crippen LogP contribution in [0.3, 0.4) is 0 Å². The highest BCUT2D eigenvalue weighted by Gasteiger charge is 2.20. The normalized spacial score (nSPS) is 12.7. The van der Waals surface area contributed by atoms with Crippen molar-refractivity contribution < 1.29 is 15.0 Å². The third kappa shape index (κ3) is 6.65. The number of halogens is 1. The number of carboxylic acid groups (broad SMARTS) is 1. The molecule has 1 aliphatic rings. The number of benzene rings is 3. The summed E-state index contributed by atoms with van der Waals surface area (Å²) in [6.45, 7) is 8.22. The van der Waals surface area contributed by atoms with Gasteiger partial charge >= 0.3 is 5.97 Å². The van der Waals surface area contributed by atoms with E-state index in [1.54, 1.807) is 32.1 Å². The zero-order valence-corrected chi connectivity index (χ0v) is 26.0. The van der Waals surface area contributed by atoms with Gasteiger partial charge in [-0.25, -0.2) is 4.98 Å². The Hall–Kier alpha value is -3.78. The molecule has 2 aromatic heterocycles. The number of aromatic nitrogens is 2. The first-order chi connectivity index (χ1) is 19.9. The molecule has 5 aromatic rings. The highest BCUT2D eigenvalue weighted by atomic mass is 35.5. The lowest BCUT2D eigenvalue weighted by molar-refractivity contribution is -0.136. The molecular formula is C34H34ClN3O3S. The Morgan fingerprint density at radius 3 is 2.40 bits per heavy atom. The van der Waals surface area contributed by atoms with Crippen LogP contribution in [0, 0.1) is 6.92 Å². The number of fused-ring (bicyclic) bond motifs is 2. The van der Waals surface area contributed by atoms with Crippen LogP contribution in [0.2, 0.25) is 5.02 Å². The van der Waals surface area contributed by atoms with E-state index >= 15 is 0 Å². The number of hydrogen-bond donors (Lipinski definition) is 2. The number of likely N-dealkylation sites (N-methyl/N-ethyl adjacent to an activating group) is 1. The van der Waals surface area contributed by atoms with Gasteiger partial charge in [0.2, 0.25) is 0 Å². The molecule has 0 radical (unpaired) electrons. The third-order valence-electron chi connectivity index (χ3n) is 6.98. The summed E-state index contributed by atoms with van der Waals surface area (Å²) in [5.41, 5.74) is 9.55. The van der Waals surface area contributed by atoms with Crippen LogP contribution >= 0.6 is 22.9 Å². The lowest BCUT2D eigenvalue weighted by Gasteiger charge is -2.13. The average Bonchev–Trinajstić information content (AvgIpc) is 3.52. The molecule has 0 amide bonds. The van der Waals surface area contributed by atoms with Gasteiger partial charge in [0.05, 0.1) is 27.9 Å². The molecule has 6 rings (SSSR count). The highest BCUT2D eigenvalue weighted by Crippen LogP contribution is 2.41. The predicted octanol–water partition coefficient (Wildman–Crippen LogP) is 8.05. The number of hydrogen-bond acceptors (Lipinski definition) is 6. The molecule has 2 N–H and O–H groups in total. The van der Waals surface area contributed by atoms with Crippen molar-refractivity contribution in [2.24, 2.45) is 0 Å². The Bertz CT molecular complexity index is 1770. The highest BCUT2D eigenvalue weighted by molar-refractivity contribution is 7.22. The largest absolute Gasteiger partial charge is 0.481 e. The van der Waals surface area contributed by atoms with E-state index in [0.29, 0.717) is 5.02 Å². The fraction of sp³-hybridized carbons (Fsp3) is 0.265. The molecule has 0 unspecified atom stereocenters. The van der Waals surface area contributed by atoms with Crippen molar-refractivity contribution in [3.05, 3.63) is 88.6 Å². The molecule has 3 aromatic carbocycles. The first-order valence-electron chi connectivity index (χ1n) is 13.8. The molecule has 0 saturated carbocycles. The Kier molecular flexibility index (Phi) is 8.37. The minimum absolute atomic E-state index is 0.0557. The van der Waals surface area contributed by atoms with Crippen LogP contribution in [0.4, 0.5) is 5.69 Å². The van der Waals surface area contributed by atoms with E-state index < -0.39 is 11.6 Å². The number of anilines is 1. The number of aliphatic hydroxyl groups is 1. The fourth-order valence-corrected chi connectivity index (χ4v) is 6.37. The van der Waals surface area contributed by atoms with Crippen molar-refractivity contribution in [1.29, 1.82) is 0 Å². The molecule has 0 atom stereocenters. The monoisotopic (exact) mass is 599 g/mol. The summed E-state index contributed by atoms with van der Waals surface area (Å²) in [6, 6.07) is 20.2. The van der Waals surface area contributed by atoms with Crippen LogP contribution in [-0.2, 0) is 17.6 Å². The second kappa shape index (κ2) is 11.8. The van der Waals surface area contributed by atoms with Crippen LogP contribution in [0.25, 0.3) is 43.2 Å². The number of pyridine rings is 1. The molecule has 216 valence electrons. The Morgan fingerprint density at radius 1 is 1.02 bits per heavy atom. The Labute approximate surface area is 255 Å². The van der Waals surface area contributed by atoms with Crippen molar-refractivity contribution in [1.82, 2.24) is 9.97 Å². The molecule has 0 bridgehead atoms. The van der Waals surface area contributed by atoms with E-state index in [4.69, 9.17) is 21.7 Å². The summed E-state index contributed by atoms with van der Waals surface area (Å²) in [7, 11) is 2.12. The zero-order valence-electron chi connectivity index (χ0n) is 24.4. The van der Waals surface area contributed by atoms with Gasteiger partial charge in [-0.2, -0.15) is 0 Å². The number of nitrogens with zero attached hydrogens (tertiary/aromatic N) is 3. The van der Waals surface area contributed by atoms with E-state index in [-0.39, 0.29) is 6.42 Å². The quantitative estimate of drug-likeness (QED) is 0.212. The number of thiazole rings is 1. The van der Waals surface area contributed by atoms with Crippen LogP contribution in [0.5, 0.6) is 0 Å². The van der Waals surface area contributed by atoms with Gasteiger partial charge in [-0.1, -0.05) is 29.8 Å². The predicted molar refractivity (Wildman–Crippen MR) is 174 cm³/mol. The molecular weight excluding hydrogens is 566 g/mol. The maximum absolute atomic E-state index is 11.7. The minimum Gasteiger partial charge on any atom is -0.481 e. The van der Waals surface area contributed by atoms with Crippen molar-refractivity contribution in [3.63, 3.8) is 0 Å². The van der Waals surface area contributed by atoms with Crippen LogP contribution in [0.1, 0.15) is 37.5 Å². The lowest BCUT2D eigenvalue weighted by atomic mass is 9.93. The number of aliphatic carboxylic acids is 1. The topological polar surface area (TPSA) is 86.6 Å². The van der Waals surface area contributed by atoms with Gasteiger partial charge in [-0.05, 0) is 98.8 Å². The molecule has 0 saturated heterocycles. The fourth-order valence-electron chi connectivity index (χ4n) is 5.11. The van der Waals surface area contributed by atoms with Gasteiger partial charge in [-0.15, -0.1) is 11.3 Å². The van der Waals surface area contributed by atoms with Crippen molar-refractivity contribution in [2.45, 2.75) is 46.1 Å². The summed E-state index contributed by atoms with van der Waals surface area (Å²) in [6.07, 6.45) is 2.82. The average molecular weight is 600 g/mol. The van der Waals surface area contributed by atoms with Gasteiger partial charge in [0.1, 0.15) is 5.01 Å². The first kappa shape index (κ1) is 29.7. The molecule has 1 aliphatic heterocycles. The zero-order chi connectivity index (χ0) is 30.2. The summed E-state index contributed by atoms with van der Waals surface area (Å²) in [5.74, 6) is -0.860. The lowest BCUT2D eigenvalue weighted by Crippen LogP contribution is -2.12.